The first-order valence-electron chi connectivity index (χ1n) is 7.99. The summed E-state index contributed by atoms with van der Waals surface area (Å²) in [5, 5.41) is 19.7. The minimum Gasteiger partial charge on any atom is -0.394 e. The highest BCUT2D eigenvalue weighted by molar-refractivity contribution is 7.86. The minimum absolute atomic E-state index is 0.139. The van der Waals surface area contributed by atoms with Crippen molar-refractivity contribution in [2.45, 2.75) is 36.4 Å². The van der Waals surface area contributed by atoms with Gasteiger partial charge in [0.15, 0.2) is 12.3 Å². The van der Waals surface area contributed by atoms with Gasteiger partial charge in [0, 0.05) is 12.3 Å². The summed E-state index contributed by atoms with van der Waals surface area (Å²) in [7, 11) is -4.30. The smallest absolute Gasteiger partial charge is 0.330 e. The van der Waals surface area contributed by atoms with E-state index in [1.54, 1.807) is 19.1 Å². The molecule has 27 heavy (non-hydrogen) atoms. The number of hydrogen-bond acceptors (Lipinski definition) is 8. The molecule has 0 spiro atoms. The van der Waals surface area contributed by atoms with Crippen LogP contribution in [0.25, 0.3) is 0 Å². The summed E-state index contributed by atoms with van der Waals surface area (Å²) in [6, 6.07) is 6.89. The van der Waals surface area contributed by atoms with E-state index in [0.29, 0.717) is 0 Å². The quantitative estimate of drug-likeness (QED) is 0.536. The zero-order valence-corrected chi connectivity index (χ0v) is 15.0. The Balaban J connectivity index is 1.98. The lowest BCUT2D eigenvalue weighted by molar-refractivity contribution is -0.0519. The molecule has 0 aliphatic carbocycles. The summed E-state index contributed by atoms with van der Waals surface area (Å²) in [4.78, 5) is 25.1. The van der Waals surface area contributed by atoms with Gasteiger partial charge < -0.3 is 14.9 Å². The number of nitrogens with zero attached hydrogens (tertiary/aromatic N) is 1. The molecule has 0 unspecified atom stereocenters. The largest absolute Gasteiger partial charge is 0.394 e. The van der Waals surface area contributed by atoms with Crippen LogP contribution < -0.4 is 11.2 Å². The van der Waals surface area contributed by atoms with Crippen LogP contribution in [0.4, 0.5) is 0 Å². The molecular formula is C16H18N2O8S. The fourth-order valence-corrected chi connectivity index (χ4v) is 3.81. The SMILES string of the molecule is Cc1ccc(S(=O)(=O)O[C@@H]2[C@H](O)[C@H](CO)O[C@H]2n2ccc(=O)[nH]c2=O)cc1. The molecule has 0 radical (unpaired) electrons. The molecule has 1 fully saturated rings. The monoisotopic (exact) mass is 398 g/mol. The molecular weight excluding hydrogens is 380 g/mol. The lowest BCUT2D eigenvalue weighted by Gasteiger charge is -2.21. The Morgan fingerprint density at radius 2 is 1.89 bits per heavy atom. The molecule has 1 aliphatic rings. The standard InChI is InChI=1S/C16H18N2O8S/c1-9-2-4-10(5-3-9)27(23,24)26-14-13(21)11(8-19)25-15(14)18-7-6-12(20)17-16(18)22/h2-7,11,13-15,19,21H,8H2,1H3,(H,17,20,22)/t11-,13+,14+,15+/m0/s1. The van der Waals surface area contributed by atoms with E-state index in [9.17, 15) is 28.2 Å². The van der Waals surface area contributed by atoms with Crippen LogP contribution in [0.15, 0.2) is 51.0 Å². The van der Waals surface area contributed by atoms with Gasteiger partial charge in [-0.2, -0.15) is 8.42 Å². The van der Waals surface area contributed by atoms with Gasteiger partial charge >= 0.3 is 5.69 Å². The highest BCUT2D eigenvalue weighted by Crippen LogP contribution is 2.33. The van der Waals surface area contributed by atoms with Crippen molar-refractivity contribution in [3.63, 3.8) is 0 Å². The molecule has 0 amide bonds. The van der Waals surface area contributed by atoms with Gasteiger partial charge in [0.25, 0.3) is 15.7 Å². The number of H-pyrrole nitrogens is 1. The first-order chi connectivity index (χ1) is 12.7. The van der Waals surface area contributed by atoms with Crippen LogP contribution in [0.1, 0.15) is 11.8 Å². The van der Waals surface area contributed by atoms with Crippen molar-refractivity contribution in [3.05, 3.63) is 62.9 Å². The van der Waals surface area contributed by atoms with Gasteiger partial charge in [0.05, 0.1) is 11.5 Å². The predicted molar refractivity (Wildman–Crippen MR) is 91.6 cm³/mol. The Morgan fingerprint density at radius 3 is 2.48 bits per heavy atom. The molecule has 0 saturated carbocycles. The maximum absolute atomic E-state index is 12.6. The number of aromatic amines is 1. The Morgan fingerprint density at radius 1 is 1.22 bits per heavy atom. The van der Waals surface area contributed by atoms with Gasteiger partial charge in [-0.05, 0) is 19.1 Å². The van der Waals surface area contributed by atoms with E-state index in [4.69, 9.17) is 8.92 Å². The van der Waals surface area contributed by atoms with E-state index in [-0.39, 0.29) is 4.90 Å². The fourth-order valence-electron chi connectivity index (χ4n) is 2.73. The summed E-state index contributed by atoms with van der Waals surface area (Å²) >= 11 is 0. The van der Waals surface area contributed by atoms with Gasteiger partial charge in [-0.3, -0.25) is 18.5 Å². The predicted octanol–water partition coefficient (Wildman–Crippen LogP) is -1.13. The number of hydrogen-bond donors (Lipinski definition) is 3. The normalized spacial score (nSPS) is 25.6. The summed E-state index contributed by atoms with van der Waals surface area (Å²) in [5.41, 5.74) is -0.686. The number of aryl methyl sites for hydroxylation is 1. The molecule has 4 atom stereocenters. The Labute approximate surface area is 153 Å². The maximum Gasteiger partial charge on any atom is 0.330 e. The Hall–Kier alpha value is -2.31. The highest BCUT2D eigenvalue weighted by Gasteiger charge is 2.48. The molecule has 3 rings (SSSR count). The van der Waals surface area contributed by atoms with E-state index >= 15 is 0 Å². The van der Waals surface area contributed by atoms with Crippen molar-refractivity contribution in [2.24, 2.45) is 0 Å². The summed E-state index contributed by atoms with van der Waals surface area (Å²) in [6.07, 6.45) is -4.50. The Kier molecular flexibility index (Phi) is 5.31. The van der Waals surface area contributed by atoms with E-state index in [1.807, 2.05) is 4.98 Å². The molecule has 2 aromatic rings. The summed E-state index contributed by atoms with van der Waals surface area (Å²) in [5.74, 6) is 0. The number of ether oxygens (including phenoxy) is 1. The molecule has 3 N–H and O–H groups in total. The highest BCUT2D eigenvalue weighted by atomic mass is 32.2. The fraction of sp³-hybridized carbons (Fsp3) is 0.375. The van der Waals surface area contributed by atoms with E-state index in [0.717, 1.165) is 22.4 Å². The molecule has 1 aliphatic heterocycles. The van der Waals surface area contributed by atoms with Crippen LogP contribution in [0.2, 0.25) is 0 Å². The Bertz CT molecular complexity index is 1030. The van der Waals surface area contributed by atoms with Crippen LogP contribution in [-0.2, 0) is 19.0 Å². The van der Waals surface area contributed by atoms with Crippen LogP contribution in [-0.4, -0.2) is 53.1 Å². The molecule has 146 valence electrons. The van der Waals surface area contributed by atoms with Gasteiger partial charge in [-0.25, -0.2) is 4.79 Å². The second-order valence-corrected chi connectivity index (χ2v) is 7.66. The average Bonchev–Trinajstić information content (AvgIpc) is 2.91. The van der Waals surface area contributed by atoms with Crippen molar-refractivity contribution in [3.8, 4) is 0 Å². The third-order valence-electron chi connectivity index (χ3n) is 4.17. The third-order valence-corrected chi connectivity index (χ3v) is 5.49. The molecule has 0 bridgehead atoms. The van der Waals surface area contributed by atoms with Crippen LogP contribution >= 0.6 is 0 Å². The molecule has 1 aromatic carbocycles. The van der Waals surface area contributed by atoms with E-state index in [2.05, 4.69) is 0 Å². The van der Waals surface area contributed by atoms with Gasteiger partial charge in [0.1, 0.15) is 12.2 Å². The summed E-state index contributed by atoms with van der Waals surface area (Å²) < 4.78 is 36.6. The minimum atomic E-state index is -4.30. The molecule has 10 nitrogen and oxygen atoms in total. The zero-order chi connectivity index (χ0) is 19.8. The van der Waals surface area contributed by atoms with Crippen molar-refractivity contribution in [2.75, 3.05) is 6.61 Å². The van der Waals surface area contributed by atoms with Gasteiger partial charge in [-0.1, -0.05) is 17.7 Å². The number of rotatable bonds is 5. The number of aliphatic hydroxyl groups excluding tert-OH is 2. The molecule has 2 heterocycles. The first-order valence-corrected chi connectivity index (χ1v) is 9.39. The van der Waals surface area contributed by atoms with Gasteiger partial charge in [0.2, 0.25) is 0 Å². The van der Waals surface area contributed by atoms with Crippen LogP contribution in [0, 0.1) is 6.92 Å². The number of benzene rings is 1. The third kappa shape index (κ3) is 3.87. The zero-order valence-electron chi connectivity index (χ0n) is 14.2. The number of aromatic nitrogens is 2. The lowest BCUT2D eigenvalue weighted by Crippen LogP contribution is -2.40. The van der Waals surface area contributed by atoms with Crippen molar-refractivity contribution < 1.29 is 27.6 Å². The first kappa shape index (κ1) is 19.5. The second kappa shape index (κ2) is 7.37. The molecule has 1 saturated heterocycles. The average molecular weight is 398 g/mol. The molecule has 11 heteroatoms. The van der Waals surface area contributed by atoms with Crippen molar-refractivity contribution in [1.29, 1.82) is 0 Å². The maximum atomic E-state index is 12.6. The number of aliphatic hydroxyl groups is 2. The van der Waals surface area contributed by atoms with Gasteiger partial charge in [-0.15, -0.1) is 0 Å². The summed E-state index contributed by atoms with van der Waals surface area (Å²) in [6.45, 7) is 1.16. The topological polar surface area (TPSA) is 148 Å². The second-order valence-electron chi connectivity index (χ2n) is 6.08. The van der Waals surface area contributed by atoms with Crippen LogP contribution in [0.5, 0.6) is 0 Å². The van der Waals surface area contributed by atoms with Crippen LogP contribution in [0.3, 0.4) is 0 Å². The molecule has 1 aromatic heterocycles. The number of nitrogens with one attached hydrogen (secondary N) is 1. The van der Waals surface area contributed by atoms with Crippen molar-refractivity contribution >= 4 is 10.1 Å². The lowest BCUT2D eigenvalue weighted by atomic mass is 10.1. The van der Waals surface area contributed by atoms with Crippen molar-refractivity contribution in [1.82, 2.24) is 9.55 Å². The van der Waals surface area contributed by atoms with E-state index in [1.165, 1.54) is 12.1 Å². The van der Waals surface area contributed by atoms with E-state index < -0.39 is 52.5 Å².